The van der Waals surface area contributed by atoms with Crippen molar-refractivity contribution in [1.82, 2.24) is 0 Å². The molecule has 16 heavy (non-hydrogen) atoms. The van der Waals surface area contributed by atoms with Crippen LogP contribution in [0, 0.1) is 0 Å². The minimum absolute atomic E-state index is 0.438. The first-order valence-corrected chi connectivity index (χ1v) is 6.84. The van der Waals surface area contributed by atoms with Crippen molar-refractivity contribution in [3.63, 3.8) is 0 Å². The molecule has 3 nitrogen and oxygen atoms in total. The first kappa shape index (κ1) is 13.0. The van der Waals surface area contributed by atoms with Crippen LogP contribution in [0.15, 0.2) is 18.2 Å². The van der Waals surface area contributed by atoms with Crippen LogP contribution >= 0.6 is 11.8 Å². The molecule has 0 heterocycles. The molecular formula is C12H20N2OS. The summed E-state index contributed by atoms with van der Waals surface area (Å²) >= 11 is 1.83. The molecule has 0 fully saturated rings. The Morgan fingerprint density at radius 2 is 2.25 bits per heavy atom. The third kappa shape index (κ3) is 3.85. The average molecular weight is 240 g/mol. The number of ether oxygens (including phenoxy) is 1. The van der Waals surface area contributed by atoms with Gasteiger partial charge in [0.15, 0.2) is 0 Å². The van der Waals surface area contributed by atoms with Gasteiger partial charge in [0.1, 0.15) is 5.75 Å². The lowest BCUT2D eigenvalue weighted by Gasteiger charge is -2.15. The van der Waals surface area contributed by atoms with E-state index in [2.05, 4.69) is 18.5 Å². The molecule has 0 amide bonds. The molecule has 1 aromatic rings. The number of hydrogen-bond donors (Lipinski definition) is 2. The summed E-state index contributed by atoms with van der Waals surface area (Å²) in [5.41, 5.74) is 7.55. The summed E-state index contributed by atoms with van der Waals surface area (Å²) in [6.45, 7) is 4.75. The fraction of sp³-hybridized carbons (Fsp3) is 0.500. The summed E-state index contributed by atoms with van der Waals surface area (Å²) in [5.74, 6) is 1.83. The van der Waals surface area contributed by atoms with Gasteiger partial charge in [-0.1, -0.05) is 0 Å². The van der Waals surface area contributed by atoms with Gasteiger partial charge in [-0.05, 0) is 32.2 Å². The van der Waals surface area contributed by atoms with Crippen molar-refractivity contribution in [3.8, 4) is 5.75 Å². The standard InChI is InChI=1S/C12H20N2OS/c1-4-15-12-7-10(5-6-11(12)13)14-9(2)8-16-3/h5-7,9,14H,4,8,13H2,1-3H3. The van der Waals surface area contributed by atoms with Crippen molar-refractivity contribution in [1.29, 1.82) is 0 Å². The van der Waals surface area contributed by atoms with E-state index in [1.165, 1.54) is 0 Å². The van der Waals surface area contributed by atoms with Gasteiger partial charge < -0.3 is 15.8 Å². The Morgan fingerprint density at radius 1 is 1.50 bits per heavy atom. The highest BCUT2D eigenvalue weighted by atomic mass is 32.2. The van der Waals surface area contributed by atoms with Crippen LogP contribution in [-0.2, 0) is 0 Å². The molecule has 1 aromatic carbocycles. The minimum Gasteiger partial charge on any atom is -0.492 e. The number of anilines is 2. The topological polar surface area (TPSA) is 47.3 Å². The van der Waals surface area contributed by atoms with Crippen molar-refractivity contribution in [3.05, 3.63) is 18.2 Å². The van der Waals surface area contributed by atoms with Crippen LogP contribution in [0.25, 0.3) is 0 Å². The zero-order chi connectivity index (χ0) is 12.0. The fourth-order valence-electron chi connectivity index (χ4n) is 1.48. The molecule has 0 aliphatic carbocycles. The Hall–Kier alpha value is -1.03. The van der Waals surface area contributed by atoms with E-state index in [9.17, 15) is 0 Å². The molecule has 4 heteroatoms. The molecule has 0 saturated carbocycles. The highest BCUT2D eigenvalue weighted by molar-refractivity contribution is 7.98. The number of thioether (sulfide) groups is 1. The Labute approximate surface area is 102 Å². The van der Waals surface area contributed by atoms with Crippen LogP contribution in [0.1, 0.15) is 13.8 Å². The maximum Gasteiger partial charge on any atom is 0.144 e. The smallest absolute Gasteiger partial charge is 0.144 e. The van der Waals surface area contributed by atoms with Crippen LogP contribution in [-0.4, -0.2) is 24.7 Å². The first-order valence-electron chi connectivity index (χ1n) is 5.45. The first-order chi connectivity index (χ1) is 7.67. The summed E-state index contributed by atoms with van der Waals surface area (Å²) in [6.07, 6.45) is 2.10. The fourth-order valence-corrected chi connectivity index (χ4v) is 2.06. The van der Waals surface area contributed by atoms with E-state index in [0.717, 1.165) is 17.2 Å². The van der Waals surface area contributed by atoms with Crippen LogP contribution in [0.4, 0.5) is 11.4 Å². The zero-order valence-corrected chi connectivity index (χ0v) is 10.9. The van der Waals surface area contributed by atoms with E-state index in [1.54, 1.807) is 0 Å². The molecule has 1 rings (SSSR count). The summed E-state index contributed by atoms with van der Waals surface area (Å²) in [5, 5.41) is 3.41. The lowest BCUT2D eigenvalue weighted by Crippen LogP contribution is -2.17. The number of nitrogens with two attached hydrogens (primary N) is 1. The molecule has 3 N–H and O–H groups in total. The van der Waals surface area contributed by atoms with E-state index in [-0.39, 0.29) is 0 Å². The maximum atomic E-state index is 5.81. The monoisotopic (exact) mass is 240 g/mol. The van der Waals surface area contributed by atoms with E-state index in [4.69, 9.17) is 10.5 Å². The Bertz CT molecular complexity index is 331. The average Bonchev–Trinajstić information content (AvgIpc) is 2.24. The molecule has 0 aromatic heterocycles. The van der Waals surface area contributed by atoms with Crippen molar-refractivity contribution < 1.29 is 4.74 Å². The van der Waals surface area contributed by atoms with Crippen molar-refractivity contribution in [2.75, 3.05) is 29.7 Å². The Balaban J connectivity index is 2.70. The molecule has 0 aliphatic heterocycles. The molecule has 0 aliphatic rings. The molecule has 90 valence electrons. The van der Waals surface area contributed by atoms with Gasteiger partial charge in [0.05, 0.1) is 12.3 Å². The Morgan fingerprint density at radius 3 is 2.88 bits per heavy atom. The van der Waals surface area contributed by atoms with Gasteiger partial charge in [-0.3, -0.25) is 0 Å². The van der Waals surface area contributed by atoms with Gasteiger partial charge >= 0.3 is 0 Å². The Kier molecular flexibility index (Phi) is 5.32. The van der Waals surface area contributed by atoms with Crippen molar-refractivity contribution in [2.45, 2.75) is 19.9 Å². The molecule has 0 bridgehead atoms. The molecule has 1 unspecified atom stereocenters. The highest BCUT2D eigenvalue weighted by Crippen LogP contribution is 2.25. The third-order valence-electron chi connectivity index (χ3n) is 2.14. The second-order valence-corrected chi connectivity index (χ2v) is 4.60. The number of nitrogen functional groups attached to an aromatic ring is 1. The number of nitrogens with one attached hydrogen (secondary N) is 1. The van der Waals surface area contributed by atoms with Gasteiger partial charge in [0, 0.05) is 23.5 Å². The second-order valence-electron chi connectivity index (χ2n) is 3.69. The molecule has 0 saturated heterocycles. The van der Waals surface area contributed by atoms with E-state index in [0.29, 0.717) is 18.3 Å². The zero-order valence-electron chi connectivity index (χ0n) is 10.1. The predicted molar refractivity (Wildman–Crippen MR) is 73.5 cm³/mol. The van der Waals surface area contributed by atoms with Crippen LogP contribution in [0.5, 0.6) is 5.75 Å². The highest BCUT2D eigenvalue weighted by Gasteiger charge is 2.04. The van der Waals surface area contributed by atoms with Gasteiger partial charge in [0.25, 0.3) is 0 Å². The largest absolute Gasteiger partial charge is 0.492 e. The van der Waals surface area contributed by atoms with Gasteiger partial charge in [0.2, 0.25) is 0 Å². The number of rotatable bonds is 6. The van der Waals surface area contributed by atoms with Gasteiger partial charge in [-0.2, -0.15) is 11.8 Å². The van der Waals surface area contributed by atoms with Crippen LogP contribution in [0.2, 0.25) is 0 Å². The molecule has 1 atom stereocenters. The third-order valence-corrected chi connectivity index (χ3v) is 2.98. The SMILES string of the molecule is CCOc1cc(NC(C)CSC)ccc1N. The summed E-state index contributed by atoms with van der Waals surface area (Å²) in [4.78, 5) is 0. The maximum absolute atomic E-state index is 5.81. The van der Waals surface area contributed by atoms with Gasteiger partial charge in [-0.25, -0.2) is 0 Å². The predicted octanol–water partition coefficient (Wildman–Crippen LogP) is 2.83. The van der Waals surface area contributed by atoms with Crippen molar-refractivity contribution in [2.24, 2.45) is 0 Å². The van der Waals surface area contributed by atoms with E-state index >= 15 is 0 Å². The summed E-state index contributed by atoms with van der Waals surface area (Å²) in [7, 11) is 0. The quantitative estimate of drug-likeness (QED) is 0.751. The molecule has 0 spiro atoms. The van der Waals surface area contributed by atoms with Crippen molar-refractivity contribution >= 4 is 23.1 Å². The van der Waals surface area contributed by atoms with Crippen LogP contribution < -0.4 is 15.8 Å². The number of hydrogen-bond acceptors (Lipinski definition) is 4. The normalized spacial score (nSPS) is 12.2. The lowest BCUT2D eigenvalue weighted by atomic mass is 10.2. The summed E-state index contributed by atoms with van der Waals surface area (Å²) in [6, 6.07) is 6.25. The second kappa shape index (κ2) is 6.53. The summed E-state index contributed by atoms with van der Waals surface area (Å²) < 4.78 is 5.45. The van der Waals surface area contributed by atoms with Crippen LogP contribution in [0.3, 0.4) is 0 Å². The molecular weight excluding hydrogens is 220 g/mol. The minimum atomic E-state index is 0.438. The lowest BCUT2D eigenvalue weighted by molar-refractivity contribution is 0.342. The van der Waals surface area contributed by atoms with E-state index < -0.39 is 0 Å². The molecule has 0 radical (unpaired) electrons. The van der Waals surface area contributed by atoms with Gasteiger partial charge in [-0.15, -0.1) is 0 Å². The van der Waals surface area contributed by atoms with E-state index in [1.807, 2.05) is 36.9 Å². The number of benzene rings is 1.